The molecule has 1 aliphatic heterocycles. The highest BCUT2D eigenvalue weighted by Crippen LogP contribution is 2.46. The molecule has 186 valence electrons. The Morgan fingerprint density at radius 2 is 1.53 bits per heavy atom. The molecule has 0 aromatic heterocycles. The summed E-state index contributed by atoms with van der Waals surface area (Å²) in [6.07, 6.45) is 1.93. The van der Waals surface area contributed by atoms with Crippen molar-refractivity contribution in [2.45, 2.75) is 39.2 Å². The number of rotatable bonds is 11. The van der Waals surface area contributed by atoms with Gasteiger partial charge in [-0.25, -0.2) is 0 Å². The molecular formula is C27H36O7. The van der Waals surface area contributed by atoms with Crippen molar-refractivity contribution in [2.24, 2.45) is 17.3 Å². The van der Waals surface area contributed by atoms with Gasteiger partial charge in [0.05, 0.1) is 46.6 Å². The third kappa shape index (κ3) is 5.58. The fraction of sp³-hybridized carbons (Fsp3) is 0.519. The minimum atomic E-state index is -0.807. The largest absolute Gasteiger partial charge is 0.493 e. The van der Waals surface area contributed by atoms with Crippen LogP contribution in [0.2, 0.25) is 0 Å². The summed E-state index contributed by atoms with van der Waals surface area (Å²) in [4.78, 5) is 11.7. The molecule has 0 saturated carbocycles. The van der Waals surface area contributed by atoms with Gasteiger partial charge in [-0.1, -0.05) is 12.1 Å². The number of carbonyl (C=O) groups is 1. The van der Waals surface area contributed by atoms with E-state index in [1.54, 1.807) is 42.3 Å². The molecule has 1 heterocycles. The molecule has 2 aromatic carbocycles. The van der Waals surface area contributed by atoms with Crippen molar-refractivity contribution in [3.63, 3.8) is 0 Å². The molecule has 1 aliphatic rings. The lowest BCUT2D eigenvalue weighted by Gasteiger charge is -2.27. The molecule has 0 spiro atoms. The molecule has 7 heteroatoms. The summed E-state index contributed by atoms with van der Waals surface area (Å²) < 4.78 is 28.1. The molecule has 1 N–H and O–H groups in total. The topological polar surface area (TPSA) is 83.5 Å². The fourth-order valence-corrected chi connectivity index (χ4v) is 4.64. The van der Waals surface area contributed by atoms with Crippen LogP contribution in [0.25, 0.3) is 0 Å². The van der Waals surface area contributed by atoms with E-state index in [4.69, 9.17) is 23.7 Å². The molecule has 0 amide bonds. The van der Waals surface area contributed by atoms with Gasteiger partial charge in [0.15, 0.2) is 23.0 Å². The zero-order valence-corrected chi connectivity index (χ0v) is 20.9. The van der Waals surface area contributed by atoms with Crippen LogP contribution in [0.5, 0.6) is 23.0 Å². The third-order valence-electron chi connectivity index (χ3n) is 6.85. The lowest BCUT2D eigenvalue weighted by Crippen LogP contribution is -2.26. The minimum absolute atomic E-state index is 0.143. The molecule has 3 rings (SSSR count). The summed E-state index contributed by atoms with van der Waals surface area (Å²) in [5, 5.41) is 9.64. The predicted molar refractivity (Wildman–Crippen MR) is 129 cm³/mol. The number of carboxylic acid groups (broad SMARTS) is 1. The number of carboxylic acids is 1. The molecule has 3 atom stereocenters. The SMILES string of the molecule is COc1ccc(C[C@H]2CO[C@H](c3ccc(OC)c(OC)c3)[C@@H]2CCC(C)(C)C(=O)O)cc1OC. The number of hydrogen-bond donors (Lipinski definition) is 1. The Morgan fingerprint density at radius 1 is 0.941 bits per heavy atom. The molecule has 0 radical (unpaired) electrons. The van der Waals surface area contributed by atoms with Crippen LogP contribution in [0, 0.1) is 17.3 Å². The first kappa shape index (κ1) is 25.7. The predicted octanol–water partition coefficient (Wildman–Crippen LogP) is 5.16. The van der Waals surface area contributed by atoms with Crippen molar-refractivity contribution in [3.8, 4) is 23.0 Å². The Hall–Kier alpha value is -2.93. The highest BCUT2D eigenvalue weighted by Gasteiger charge is 2.40. The normalized spacial score (nSPS) is 20.1. The van der Waals surface area contributed by atoms with Gasteiger partial charge in [-0.15, -0.1) is 0 Å². The first-order valence-electron chi connectivity index (χ1n) is 11.5. The molecule has 0 aliphatic carbocycles. The summed E-state index contributed by atoms with van der Waals surface area (Å²) in [5.41, 5.74) is 1.32. The molecule has 7 nitrogen and oxygen atoms in total. The molecular weight excluding hydrogens is 436 g/mol. The Balaban J connectivity index is 1.89. The second-order valence-electron chi connectivity index (χ2n) is 9.41. The lowest BCUT2D eigenvalue weighted by molar-refractivity contribution is -0.147. The van der Waals surface area contributed by atoms with E-state index < -0.39 is 11.4 Å². The summed E-state index contributed by atoms with van der Waals surface area (Å²) in [5.74, 6) is 2.28. The highest BCUT2D eigenvalue weighted by atomic mass is 16.5. The van der Waals surface area contributed by atoms with Crippen LogP contribution in [0.1, 0.15) is 43.9 Å². The Morgan fingerprint density at radius 3 is 2.12 bits per heavy atom. The van der Waals surface area contributed by atoms with Gasteiger partial charge < -0.3 is 28.8 Å². The van der Waals surface area contributed by atoms with Gasteiger partial charge in [0.2, 0.25) is 0 Å². The summed E-state index contributed by atoms with van der Waals surface area (Å²) >= 11 is 0. The second kappa shape index (κ2) is 11.0. The van der Waals surface area contributed by atoms with E-state index in [0.717, 1.165) is 24.0 Å². The minimum Gasteiger partial charge on any atom is -0.493 e. The summed E-state index contributed by atoms with van der Waals surface area (Å²) in [6.45, 7) is 4.14. The van der Waals surface area contributed by atoms with Gasteiger partial charge in [-0.3, -0.25) is 4.79 Å². The van der Waals surface area contributed by atoms with Crippen molar-refractivity contribution in [1.82, 2.24) is 0 Å². The van der Waals surface area contributed by atoms with Gasteiger partial charge in [0.25, 0.3) is 0 Å². The third-order valence-corrected chi connectivity index (χ3v) is 6.85. The van der Waals surface area contributed by atoms with Crippen LogP contribution >= 0.6 is 0 Å². The Labute approximate surface area is 201 Å². The van der Waals surface area contributed by atoms with Gasteiger partial charge in [0.1, 0.15) is 0 Å². The smallest absolute Gasteiger partial charge is 0.309 e. The first-order valence-corrected chi connectivity index (χ1v) is 11.5. The van der Waals surface area contributed by atoms with Crippen molar-refractivity contribution >= 4 is 5.97 Å². The van der Waals surface area contributed by atoms with Gasteiger partial charge in [-0.05, 0) is 80.3 Å². The van der Waals surface area contributed by atoms with Crippen LogP contribution < -0.4 is 18.9 Å². The van der Waals surface area contributed by atoms with Crippen molar-refractivity contribution in [1.29, 1.82) is 0 Å². The molecule has 1 saturated heterocycles. The molecule has 0 unspecified atom stereocenters. The highest BCUT2D eigenvalue weighted by molar-refractivity contribution is 5.73. The Bertz CT molecular complexity index is 985. The van der Waals surface area contributed by atoms with E-state index in [1.165, 1.54) is 0 Å². The number of ether oxygens (including phenoxy) is 5. The van der Waals surface area contributed by atoms with Crippen LogP contribution in [0.3, 0.4) is 0 Å². The Kier molecular flexibility index (Phi) is 8.31. The fourth-order valence-electron chi connectivity index (χ4n) is 4.64. The van der Waals surface area contributed by atoms with Crippen molar-refractivity contribution in [2.75, 3.05) is 35.0 Å². The number of methoxy groups -OCH3 is 4. The zero-order valence-electron chi connectivity index (χ0n) is 20.9. The van der Waals surface area contributed by atoms with Crippen LogP contribution in [-0.4, -0.2) is 46.1 Å². The maximum atomic E-state index is 11.7. The van der Waals surface area contributed by atoms with Gasteiger partial charge in [0, 0.05) is 0 Å². The van der Waals surface area contributed by atoms with E-state index in [2.05, 4.69) is 0 Å². The zero-order chi connectivity index (χ0) is 24.9. The standard InChI is InChI=1S/C27H36O7/c1-27(2,26(28)29)12-11-20-19(13-17-7-9-21(30-3)23(14-17)32-5)16-34-25(20)18-8-10-22(31-4)24(15-18)33-6/h7-10,14-15,19-20,25H,11-13,16H2,1-6H3,(H,28,29)/t19-,20+,25+/m0/s1. The molecule has 2 aromatic rings. The molecule has 34 heavy (non-hydrogen) atoms. The van der Waals surface area contributed by atoms with Crippen LogP contribution in [0.4, 0.5) is 0 Å². The van der Waals surface area contributed by atoms with E-state index in [-0.39, 0.29) is 17.9 Å². The number of hydrogen-bond acceptors (Lipinski definition) is 6. The van der Waals surface area contributed by atoms with Gasteiger partial charge in [-0.2, -0.15) is 0 Å². The van der Waals surface area contributed by atoms with Crippen LogP contribution in [-0.2, 0) is 16.0 Å². The van der Waals surface area contributed by atoms with E-state index in [1.807, 2.05) is 36.4 Å². The van der Waals surface area contributed by atoms with Crippen molar-refractivity contribution < 1.29 is 33.6 Å². The quantitative estimate of drug-likeness (QED) is 0.484. The van der Waals surface area contributed by atoms with E-state index >= 15 is 0 Å². The molecule has 1 fully saturated rings. The van der Waals surface area contributed by atoms with E-state index in [0.29, 0.717) is 36.0 Å². The average Bonchev–Trinajstić information content (AvgIpc) is 3.24. The van der Waals surface area contributed by atoms with Gasteiger partial charge >= 0.3 is 5.97 Å². The maximum Gasteiger partial charge on any atom is 0.309 e. The monoisotopic (exact) mass is 472 g/mol. The van der Waals surface area contributed by atoms with Crippen molar-refractivity contribution in [3.05, 3.63) is 47.5 Å². The average molecular weight is 473 g/mol. The summed E-state index contributed by atoms with van der Waals surface area (Å²) in [6, 6.07) is 11.8. The van der Waals surface area contributed by atoms with Crippen LogP contribution in [0.15, 0.2) is 36.4 Å². The first-order chi connectivity index (χ1) is 16.2. The molecule has 0 bridgehead atoms. The van der Waals surface area contributed by atoms with E-state index in [9.17, 15) is 9.90 Å². The maximum absolute atomic E-state index is 11.7. The summed E-state index contributed by atoms with van der Waals surface area (Å²) in [7, 11) is 6.48. The number of aliphatic carboxylic acids is 1. The number of benzene rings is 2. The lowest BCUT2D eigenvalue weighted by atomic mass is 9.76. The second-order valence-corrected chi connectivity index (χ2v) is 9.41.